The highest BCUT2D eigenvalue weighted by Gasteiger charge is 2.14. The number of hydrogen-bond acceptors (Lipinski definition) is 2. The molecule has 2 unspecified atom stereocenters. The van der Waals surface area contributed by atoms with Gasteiger partial charge in [-0.15, -0.1) is 0 Å². The molecule has 0 aliphatic heterocycles. The van der Waals surface area contributed by atoms with Gasteiger partial charge in [-0.2, -0.15) is 0 Å². The molecule has 124 valence electrons. The van der Waals surface area contributed by atoms with Crippen molar-refractivity contribution in [3.63, 3.8) is 0 Å². The Balaban J connectivity index is 1.90. The summed E-state index contributed by atoms with van der Waals surface area (Å²) in [6, 6.07) is 27.4. The van der Waals surface area contributed by atoms with Gasteiger partial charge in [0.15, 0.2) is 14.7 Å². The van der Waals surface area contributed by atoms with E-state index in [1.807, 2.05) is 12.1 Å². The van der Waals surface area contributed by atoms with Gasteiger partial charge in [0.2, 0.25) is 0 Å². The second kappa shape index (κ2) is 6.02. The van der Waals surface area contributed by atoms with Crippen LogP contribution in [-0.4, -0.2) is 0 Å². The van der Waals surface area contributed by atoms with Gasteiger partial charge in [0.25, 0.3) is 0 Å². The summed E-state index contributed by atoms with van der Waals surface area (Å²) in [6.07, 6.45) is 0. The van der Waals surface area contributed by atoms with Gasteiger partial charge in [0.05, 0.1) is 0 Å². The predicted molar refractivity (Wildman–Crippen MR) is 114 cm³/mol. The predicted octanol–water partition coefficient (Wildman–Crippen LogP) is 7.21. The molecule has 0 N–H and O–H groups in total. The second-order valence-electron chi connectivity index (χ2n) is 6.41. The monoisotopic (exact) mass is 373 g/mol. The lowest BCUT2D eigenvalue weighted by atomic mass is 9.96. The first-order valence-electron chi connectivity index (χ1n) is 8.37. The average Bonchev–Trinajstić information content (AvgIpc) is 2.65. The van der Waals surface area contributed by atoms with Gasteiger partial charge in [-0.25, -0.2) is 0 Å². The minimum atomic E-state index is -1.78. The maximum absolute atomic E-state index is 11.6. The first-order valence-corrected chi connectivity index (χ1v) is 11.2. The summed E-state index contributed by atoms with van der Waals surface area (Å²) in [5.41, 5.74) is 0. The third kappa shape index (κ3) is 2.54. The molecule has 0 radical (unpaired) electrons. The van der Waals surface area contributed by atoms with Crippen LogP contribution in [0.15, 0.2) is 78.9 Å². The van der Waals surface area contributed by atoms with E-state index in [0.717, 1.165) is 10.8 Å². The van der Waals surface area contributed by atoms with Crippen LogP contribution in [0.25, 0.3) is 43.1 Å². The van der Waals surface area contributed by atoms with Crippen LogP contribution in [0.4, 0.5) is 0 Å². The van der Waals surface area contributed by atoms with E-state index in [2.05, 4.69) is 75.7 Å². The molecule has 0 aliphatic rings. The van der Waals surface area contributed by atoms with Crippen LogP contribution in [0, 0.1) is 0 Å². The van der Waals surface area contributed by atoms with Crippen molar-refractivity contribution in [2.75, 3.05) is 0 Å². The molecule has 0 heterocycles. The Kier molecular flexibility index (Phi) is 3.64. The molecular weight excluding hydrogens is 358 g/mol. The quantitative estimate of drug-likeness (QED) is 0.186. The topological polar surface area (TPSA) is 26.3 Å². The van der Waals surface area contributed by atoms with Crippen molar-refractivity contribution in [3.05, 3.63) is 78.9 Å². The van der Waals surface area contributed by atoms with Crippen LogP contribution in [0.1, 0.15) is 0 Å². The highest BCUT2D eigenvalue weighted by Crippen LogP contribution is 2.40. The summed E-state index contributed by atoms with van der Waals surface area (Å²) in [7, 11) is 0.427. The van der Waals surface area contributed by atoms with Gasteiger partial charge in [0.1, 0.15) is 0 Å². The lowest BCUT2D eigenvalue weighted by molar-refractivity contribution is 0.523. The molecule has 0 aromatic heterocycles. The lowest BCUT2D eigenvalue weighted by Crippen LogP contribution is -1.84. The van der Waals surface area contributed by atoms with Crippen LogP contribution >= 0.6 is 16.6 Å². The van der Waals surface area contributed by atoms with E-state index in [0.29, 0.717) is 5.75 Å². The number of rotatable bonds is 2. The second-order valence-corrected chi connectivity index (χ2v) is 8.43. The molecular formula is C22H15O2P2+. The Labute approximate surface area is 153 Å². The Morgan fingerprint density at radius 1 is 0.615 bits per heavy atom. The number of benzene rings is 5. The third-order valence-electron chi connectivity index (χ3n) is 4.85. The smallest absolute Gasteiger partial charge is 0.253 e. The average molecular weight is 373 g/mol. The fourth-order valence-corrected chi connectivity index (χ4v) is 4.36. The molecule has 0 amide bonds. The van der Waals surface area contributed by atoms with Crippen molar-refractivity contribution in [1.82, 2.24) is 0 Å². The SMILES string of the molecule is O=[P+](P)Oc1cccc2cc3ccc4cc5ccccc5cc4c3cc12. The van der Waals surface area contributed by atoms with Crippen molar-refractivity contribution in [3.8, 4) is 5.75 Å². The van der Waals surface area contributed by atoms with E-state index < -0.39 is 7.72 Å². The molecule has 2 atom stereocenters. The van der Waals surface area contributed by atoms with E-state index in [-0.39, 0.29) is 0 Å². The normalized spacial score (nSPS) is 12.1. The summed E-state index contributed by atoms with van der Waals surface area (Å²) >= 11 is 0. The van der Waals surface area contributed by atoms with Gasteiger partial charge in [-0.05, 0) is 72.6 Å². The van der Waals surface area contributed by atoms with Gasteiger partial charge in [-0.1, -0.05) is 48.5 Å². The van der Waals surface area contributed by atoms with E-state index in [1.54, 1.807) is 0 Å². The summed E-state index contributed by atoms with van der Waals surface area (Å²) in [4.78, 5) is 0. The molecule has 0 aliphatic carbocycles. The van der Waals surface area contributed by atoms with Crippen LogP contribution < -0.4 is 4.52 Å². The zero-order valence-electron chi connectivity index (χ0n) is 13.8. The van der Waals surface area contributed by atoms with Gasteiger partial charge >= 0.3 is 7.72 Å². The Morgan fingerprint density at radius 2 is 1.19 bits per heavy atom. The fraction of sp³-hybridized carbons (Fsp3) is 0. The summed E-state index contributed by atoms with van der Waals surface area (Å²) in [5.74, 6) is 0.651. The number of fused-ring (bicyclic) bond motifs is 5. The minimum Gasteiger partial charge on any atom is -0.253 e. The molecule has 5 aromatic rings. The van der Waals surface area contributed by atoms with Crippen LogP contribution in [0.2, 0.25) is 0 Å². The molecule has 2 nitrogen and oxygen atoms in total. The standard InChI is InChI=1S/C22H15O2P2/c23-26(25)24-22-7-3-6-16-11-18-9-8-17-10-14-4-1-2-5-15(14)12-19(17)20(18)13-21(16)22/h1-13H,25H2/q+1. The van der Waals surface area contributed by atoms with Crippen molar-refractivity contribution in [1.29, 1.82) is 0 Å². The minimum absolute atomic E-state index is 0.651. The first kappa shape index (κ1) is 15.7. The summed E-state index contributed by atoms with van der Waals surface area (Å²) in [5, 5.41) is 9.32. The Hall–Kier alpha value is -2.53. The van der Waals surface area contributed by atoms with E-state index in [9.17, 15) is 4.57 Å². The molecule has 5 rings (SSSR count). The van der Waals surface area contributed by atoms with E-state index in [4.69, 9.17) is 4.52 Å². The Morgan fingerprint density at radius 3 is 1.92 bits per heavy atom. The summed E-state index contributed by atoms with van der Waals surface area (Å²) in [6.45, 7) is 0. The van der Waals surface area contributed by atoms with Crippen molar-refractivity contribution in [2.45, 2.75) is 0 Å². The zero-order chi connectivity index (χ0) is 17.7. The van der Waals surface area contributed by atoms with Crippen LogP contribution in [0.3, 0.4) is 0 Å². The molecule has 4 heteroatoms. The van der Waals surface area contributed by atoms with Crippen LogP contribution in [0.5, 0.6) is 5.75 Å². The van der Waals surface area contributed by atoms with Crippen LogP contribution in [-0.2, 0) is 4.57 Å². The van der Waals surface area contributed by atoms with E-state index in [1.165, 1.54) is 32.3 Å². The van der Waals surface area contributed by atoms with Crippen molar-refractivity contribution >= 4 is 59.7 Å². The molecule has 0 spiro atoms. The molecule has 0 saturated heterocycles. The maximum Gasteiger partial charge on any atom is 0.564 e. The van der Waals surface area contributed by atoms with Gasteiger partial charge in [-0.3, -0.25) is 4.52 Å². The Bertz CT molecular complexity index is 1340. The fourth-order valence-electron chi connectivity index (χ4n) is 3.67. The van der Waals surface area contributed by atoms with Gasteiger partial charge in [0, 0.05) is 5.39 Å². The number of hydrogen-bond donors (Lipinski definition) is 0. The molecule has 5 aromatic carbocycles. The molecule has 26 heavy (non-hydrogen) atoms. The first-order chi connectivity index (χ1) is 12.7. The lowest BCUT2D eigenvalue weighted by Gasteiger charge is -2.09. The van der Waals surface area contributed by atoms with Crippen molar-refractivity contribution < 1.29 is 9.09 Å². The van der Waals surface area contributed by atoms with Gasteiger partial charge < -0.3 is 0 Å². The zero-order valence-corrected chi connectivity index (χ0v) is 15.9. The highest BCUT2D eigenvalue weighted by atomic mass is 32.0. The summed E-state index contributed by atoms with van der Waals surface area (Å²) < 4.78 is 17.1. The molecule has 0 bridgehead atoms. The maximum atomic E-state index is 11.6. The van der Waals surface area contributed by atoms with Crippen molar-refractivity contribution in [2.24, 2.45) is 0 Å². The third-order valence-corrected chi connectivity index (χ3v) is 5.54. The largest absolute Gasteiger partial charge is 0.564 e. The molecule has 0 saturated carbocycles. The van der Waals surface area contributed by atoms with E-state index >= 15 is 0 Å². The highest BCUT2D eigenvalue weighted by molar-refractivity contribution is 8.04. The molecule has 0 fully saturated rings.